The zero-order valence-corrected chi connectivity index (χ0v) is 9.95. The topological polar surface area (TPSA) is 87.7 Å². The highest BCUT2D eigenvalue weighted by Crippen LogP contribution is 2.13. The molecule has 1 rings (SSSR count). The van der Waals surface area contributed by atoms with E-state index >= 15 is 0 Å². The van der Waals surface area contributed by atoms with Crippen LogP contribution in [-0.4, -0.2) is 23.0 Å². The van der Waals surface area contributed by atoms with E-state index < -0.39 is 29.4 Å². The number of benzene rings is 1. The number of oxime groups is 1. The molecule has 1 unspecified atom stereocenters. The number of nitrogens with two attached hydrogens (primary N) is 1. The minimum atomic E-state index is -1.64. The molecule has 0 aliphatic carbocycles. The van der Waals surface area contributed by atoms with Gasteiger partial charge in [0.05, 0.1) is 0 Å². The normalized spacial score (nSPS) is 13.2. The minimum Gasteiger partial charge on any atom is -0.409 e. The highest BCUT2D eigenvalue weighted by atomic mass is 19.2. The lowest BCUT2D eigenvalue weighted by molar-refractivity contribution is 0.0940. The molecule has 1 atom stereocenters. The molecule has 0 saturated carbocycles. The summed E-state index contributed by atoms with van der Waals surface area (Å²) in [5.41, 5.74) is 4.88. The van der Waals surface area contributed by atoms with E-state index in [9.17, 15) is 18.0 Å². The Balaban J connectivity index is 2.79. The van der Waals surface area contributed by atoms with E-state index in [1.807, 2.05) is 0 Å². The zero-order chi connectivity index (χ0) is 14.6. The van der Waals surface area contributed by atoms with Gasteiger partial charge in [0.15, 0.2) is 17.5 Å². The molecule has 1 amide bonds. The fourth-order valence-electron chi connectivity index (χ4n) is 1.40. The highest BCUT2D eigenvalue weighted by Gasteiger charge is 2.16. The van der Waals surface area contributed by atoms with E-state index in [0.717, 1.165) is 0 Å². The molecule has 0 bridgehead atoms. The fourth-order valence-corrected chi connectivity index (χ4v) is 1.40. The molecule has 0 heterocycles. The predicted octanol–water partition coefficient (Wildman–Crippen LogP) is 1.36. The largest absolute Gasteiger partial charge is 0.409 e. The van der Waals surface area contributed by atoms with Crippen LogP contribution in [0.15, 0.2) is 17.3 Å². The van der Waals surface area contributed by atoms with Crippen LogP contribution in [0.25, 0.3) is 0 Å². The Bertz CT molecular complexity index is 497. The van der Waals surface area contributed by atoms with Crippen molar-refractivity contribution in [2.24, 2.45) is 10.9 Å². The second-order valence-electron chi connectivity index (χ2n) is 3.92. The maximum absolute atomic E-state index is 12.9. The summed E-state index contributed by atoms with van der Waals surface area (Å²) >= 11 is 0. The summed E-state index contributed by atoms with van der Waals surface area (Å²) in [6.45, 7) is 1.55. The van der Waals surface area contributed by atoms with Crippen LogP contribution in [0, 0.1) is 17.5 Å². The average Bonchev–Trinajstić information content (AvgIpc) is 2.34. The Morgan fingerprint density at radius 3 is 2.42 bits per heavy atom. The number of rotatable bonds is 4. The van der Waals surface area contributed by atoms with Crippen molar-refractivity contribution in [2.75, 3.05) is 0 Å². The number of carbonyl (C=O) groups is 1. The number of amides is 1. The smallest absolute Gasteiger partial charge is 0.251 e. The van der Waals surface area contributed by atoms with Gasteiger partial charge in [-0.3, -0.25) is 4.79 Å². The van der Waals surface area contributed by atoms with Gasteiger partial charge in [0.1, 0.15) is 5.84 Å². The standard InChI is InChI=1S/C11H12F3N3O2/c1-5(2-9(15)17-19)16-11(18)6-3-7(12)10(14)8(13)4-6/h3-5,19H,2H2,1H3,(H2,15,17)(H,16,18). The fraction of sp³-hybridized carbons (Fsp3) is 0.273. The number of nitrogens with one attached hydrogen (secondary N) is 1. The maximum Gasteiger partial charge on any atom is 0.251 e. The third-order valence-electron chi connectivity index (χ3n) is 2.27. The summed E-state index contributed by atoms with van der Waals surface area (Å²) in [7, 11) is 0. The lowest BCUT2D eigenvalue weighted by atomic mass is 10.1. The van der Waals surface area contributed by atoms with Gasteiger partial charge in [-0.25, -0.2) is 13.2 Å². The van der Waals surface area contributed by atoms with Crippen LogP contribution in [0.3, 0.4) is 0 Å². The van der Waals surface area contributed by atoms with E-state index in [1.54, 1.807) is 6.92 Å². The number of nitrogens with zero attached hydrogens (tertiary/aromatic N) is 1. The first-order valence-corrected chi connectivity index (χ1v) is 5.27. The third kappa shape index (κ3) is 3.87. The van der Waals surface area contributed by atoms with E-state index in [-0.39, 0.29) is 17.8 Å². The van der Waals surface area contributed by atoms with E-state index in [0.29, 0.717) is 12.1 Å². The third-order valence-corrected chi connectivity index (χ3v) is 2.27. The van der Waals surface area contributed by atoms with Crippen LogP contribution in [0.4, 0.5) is 13.2 Å². The maximum atomic E-state index is 12.9. The van der Waals surface area contributed by atoms with Crippen molar-refractivity contribution in [2.45, 2.75) is 19.4 Å². The lowest BCUT2D eigenvalue weighted by Crippen LogP contribution is -2.36. The van der Waals surface area contributed by atoms with Gasteiger partial charge in [0.2, 0.25) is 0 Å². The van der Waals surface area contributed by atoms with Crippen molar-refractivity contribution < 1.29 is 23.2 Å². The summed E-state index contributed by atoms with van der Waals surface area (Å²) in [6.07, 6.45) is 0.0500. The molecule has 19 heavy (non-hydrogen) atoms. The van der Waals surface area contributed by atoms with Gasteiger partial charge >= 0.3 is 0 Å². The molecule has 8 heteroatoms. The molecular weight excluding hydrogens is 263 g/mol. The monoisotopic (exact) mass is 275 g/mol. The second-order valence-corrected chi connectivity index (χ2v) is 3.92. The molecule has 4 N–H and O–H groups in total. The van der Waals surface area contributed by atoms with Crippen molar-refractivity contribution in [3.8, 4) is 0 Å². The number of halogens is 3. The molecule has 0 aliphatic heterocycles. The van der Waals surface area contributed by atoms with Gasteiger partial charge in [-0.05, 0) is 19.1 Å². The molecule has 0 spiro atoms. The van der Waals surface area contributed by atoms with Gasteiger partial charge in [0.25, 0.3) is 5.91 Å². The van der Waals surface area contributed by atoms with Crippen molar-refractivity contribution in [1.29, 1.82) is 0 Å². The number of amidine groups is 1. The number of hydrogen-bond donors (Lipinski definition) is 3. The Kier molecular flexibility index (Phi) is 4.74. The molecular formula is C11H12F3N3O2. The summed E-state index contributed by atoms with van der Waals surface area (Å²) in [5.74, 6) is -5.44. The van der Waals surface area contributed by atoms with Crippen LogP contribution in [0.1, 0.15) is 23.7 Å². The second kappa shape index (κ2) is 6.07. The predicted molar refractivity (Wildman–Crippen MR) is 61.3 cm³/mol. The molecule has 0 aromatic heterocycles. The van der Waals surface area contributed by atoms with Crippen molar-refractivity contribution in [1.82, 2.24) is 5.32 Å². The van der Waals surface area contributed by atoms with Gasteiger partial charge in [-0.1, -0.05) is 5.16 Å². The molecule has 0 saturated heterocycles. The van der Waals surface area contributed by atoms with Crippen molar-refractivity contribution in [3.05, 3.63) is 35.1 Å². The van der Waals surface area contributed by atoms with Gasteiger partial charge in [-0.15, -0.1) is 0 Å². The lowest BCUT2D eigenvalue weighted by Gasteiger charge is -2.13. The molecule has 1 aromatic rings. The molecule has 1 aromatic carbocycles. The van der Waals surface area contributed by atoms with Crippen LogP contribution in [0.5, 0.6) is 0 Å². The number of carbonyl (C=O) groups excluding carboxylic acids is 1. The van der Waals surface area contributed by atoms with Crippen LogP contribution in [-0.2, 0) is 0 Å². The first kappa shape index (κ1) is 14.8. The summed E-state index contributed by atoms with van der Waals surface area (Å²) in [5, 5.41) is 13.4. The van der Waals surface area contributed by atoms with Crippen molar-refractivity contribution in [3.63, 3.8) is 0 Å². The minimum absolute atomic E-state index is 0.0500. The van der Waals surface area contributed by atoms with E-state index in [2.05, 4.69) is 10.5 Å². The van der Waals surface area contributed by atoms with Crippen LogP contribution >= 0.6 is 0 Å². The Morgan fingerprint density at radius 2 is 1.95 bits per heavy atom. The Morgan fingerprint density at radius 1 is 1.42 bits per heavy atom. The SMILES string of the molecule is CC(C/C(N)=N/O)NC(=O)c1cc(F)c(F)c(F)c1. The van der Waals surface area contributed by atoms with E-state index in [1.165, 1.54) is 0 Å². The molecule has 5 nitrogen and oxygen atoms in total. The van der Waals surface area contributed by atoms with Crippen molar-refractivity contribution >= 4 is 11.7 Å². The van der Waals surface area contributed by atoms with Crippen LogP contribution in [0.2, 0.25) is 0 Å². The molecule has 0 fully saturated rings. The molecule has 104 valence electrons. The van der Waals surface area contributed by atoms with Gasteiger partial charge in [-0.2, -0.15) is 0 Å². The highest BCUT2D eigenvalue weighted by molar-refractivity contribution is 5.94. The first-order valence-electron chi connectivity index (χ1n) is 5.27. The van der Waals surface area contributed by atoms with E-state index in [4.69, 9.17) is 10.9 Å². The Labute approximate surface area is 106 Å². The van der Waals surface area contributed by atoms with Crippen LogP contribution < -0.4 is 11.1 Å². The molecule has 0 aliphatic rings. The molecule has 0 radical (unpaired) electrons. The summed E-state index contributed by atoms with van der Waals surface area (Å²) in [4.78, 5) is 11.6. The number of hydrogen-bond acceptors (Lipinski definition) is 3. The summed E-state index contributed by atoms with van der Waals surface area (Å²) in [6, 6.07) is 0.646. The Hall–Kier alpha value is -2.25. The van der Waals surface area contributed by atoms with Gasteiger partial charge in [0, 0.05) is 18.0 Å². The quantitative estimate of drug-likeness (QED) is 0.255. The summed E-state index contributed by atoms with van der Waals surface area (Å²) < 4.78 is 38.6. The van der Waals surface area contributed by atoms with Gasteiger partial charge < -0.3 is 16.3 Å². The first-order chi connectivity index (χ1) is 8.85. The average molecular weight is 275 g/mol. The zero-order valence-electron chi connectivity index (χ0n) is 9.95.